The van der Waals surface area contributed by atoms with Crippen LogP contribution in [0.5, 0.6) is 0 Å². The summed E-state index contributed by atoms with van der Waals surface area (Å²) in [7, 11) is -3.59. The Hall–Kier alpha value is -4.39. The van der Waals surface area contributed by atoms with Gasteiger partial charge in [0.1, 0.15) is 0 Å². The molecular weight excluding hydrogens is 704 g/mol. The summed E-state index contributed by atoms with van der Waals surface area (Å²) in [5, 5.41) is 9.89. The molecule has 0 unspecified atom stereocenters. The van der Waals surface area contributed by atoms with Crippen LogP contribution < -0.4 is 14.7 Å². The summed E-state index contributed by atoms with van der Waals surface area (Å²) in [5.41, 5.74) is 2.07. The number of hydrogen-bond acceptors (Lipinski definition) is 6. The minimum Gasteiger partial charge on any atom is -0.395 e. The number of piperidine rings is 2. The fourth-order valence-corrected chi connectivity index (χ4v) is 11.7. The van der Waals surface area contributed by atoms with E-state index in [1.807, 2.05) is 79.7 Å². The standard InChI is InChI=1S/C42H51FN4O6Si/c1-29-40(54(2,3)43)36(26-39(51)44(22-23-48)27-30-12-5-4-6-13-30)53-42(29)34-25-33(46-21-10-8-17-38(46)50)18-19-35(34)47(41(42)52)28-31-14-11-15-32(24-31)45-20-9-7-16-37(45)49/h4-6,11-15,18-19,24-25,29,36,40,48H,7-10,16-17,20-23,26-28H2,1-3H3/t29-,36+,40-,42+/m0/s1. The van der Waals surface area contributed by atoms with E-state index in [-0.39, 0.29) is 56.3 Å². The van der Waals surface area contributed by atoms with Crippen molar-refractivity contribution in [2.45, 2.75) is 95.3 Å². The molecule has 12 heteroatoms. The molecule has 3 fully saturated rings. The first kappa shape index (κ1) is 37.9. The van der Waals surface area contributed by atoms with Gasteiger partial charge in [-0.15, -0.1) is 0 Å². The first-order valence-electron chi connectivity index (χ1n) is 19.4. The van der Waals surface area contributed by atoms with E-state index in [1.54, 1.807) is 32.7 Å². The van der Waals surface area contributed by atoms with Crippen molar-refractivity contribution in [3.05, 3.63) is 89.5 Å². The average molecular weight is 755 g/mol. The number of aliphatic hydroxyl groups is 1. The molecule has 4 aliphatic heterocycles. The molecule has 4 amide bonds. The Morgan fingerprint density at radius 3 is 2.17 bits per heavy atom. The SMILES string of the molecule is C[C@H]1[C@H]([Si](C)(C)F)[C@@H](CC(=O)N(CCO)Cc2ccccc2)O[C@]12C(=O)N(Cc1cccc(N3CCCCC3=O)c1)c1ccc(N3CCCCC3=O)cc12. The maximum atomic E-state index is 16.7. The fourth-order valence-electron chi connectivity index (χ4n) is 9.24. The monoisotopic (exact) mass is 754 g/mol. The van der Waals surface area contributed by atoms with Crippen molar-refractivity contribution in [2.24, 2.45) is 5.92 Å². The van der Waals surface area contributed by atoms with E-state index in [1.165, 1.54) is 0 Å². The predicted molar refractivity (Wildman–Crippen MR) is 208 cm³/mol. The predicted octanol–water partition coefficient (Wildman–Crippen LogP) is 6.45. The Morgan fingerprint density at radius 2 is 1.54 bits per heavy atom. The van der Waals surface area contributed by atoms with Crippen LogP contribution in [0.1, 0.15) is 68.6 Å². The minimum absolute atomic E-state index is 0.0157. The lowest BCUT2D eigenvalue weighted by Crippen LogP contribution is -2.45. The highest BCUT2D eigenvalue weighted by Gasteiger charge is 2.67. The summed E-state index contributed by atoms with van der Waals surface area (Å²) in [6, 6.07) is 22.8. The molecule has 3 aromatic rings. The van der Waals surface area contributed by atoms with Gasteiger partial charge in [-0.1, -0.05) is 49.4 Å². The van der Waals surface area contributed by atoms with E-state index >= 15 is 8.90 Å². The zero-order valence-corrected chi connectivity index (χ0v) is 32.5. The molecule has 10 nitrogen and oxygen atoms in total. The van der Waals surface area contributed by atoms with E-state index in [2.05, 4.69) is 0 Å². The molecule has 0 saturated carbocycles. The lowest BCUT2D eigenvalue weighted by atomic mass is 9.82. The van der Waals surface area contributed by atoms with Gasteiger partial charge >= 0.3 is 0 Å². The van der Waals surface area contributed by atoms with Crippen LogP contribution in [0.25, 0.3) is 0 Å². The largest absolute Gasteiger partial charge is 0.395 e. The van der Waals surface area contributed by atoms with E-state index in [0.29, 0.717) is 42.9 Å². The Labute approximate surface area is 318 Å². The highest BCUT2D eigenvalue weighted by atomic mass is 28.4. The maximum absolute atomic E-state index is 16.7. The number of rotatable bonds is 11. The first-order chi connectivity index (χ1) is 25.9. The van der Waals surface area contributed by atoms with E-state index in [4.69, 9.17) is 4.74 Å². The summed E-state index contributed by atoms with van der Waals surface area (Å²) < 4.78 is 23.6. The Kier molecular flexibility index (Phi) is 10.8. The van der Waals surface area contributed by atoms with Gasteiger partial charge < -0.3 is 33.6 Å². The quantitative estimate of drug-likeness (QED) is 0.178. The number of fused-ring (bicyclic) bond motifs is 2. The van der Waals surface area contributed by atoms with Gasteiger partial charge in [0.25, 0.3) is 5.91 Å². The molecule has 4 aliphatic rings. The third-order valence-electron chi connectivity index (χ3n) is 11.8. The average Bonchev–Trinajstić information content (AvgIpc) is 3.58. The van der Waals surface area contributed by atoms with E-state index in [0.717, 1.165) is 42.5 Å². The van der Waals surface area contributed by atoms with E-state index < -0.39 is 31.6 Å². The second-order valence-electron chi connectivity index (χ2n) is 15.8. The molecule has 286 valence electrons. The summed E-state index contributed by atoms with van der Waals surface area (Å²) in [5.74, 6) is -1.16. The van der Waals surface area contributed by atoms with Crippen molar-refractivity contribution < 1.29 is 33.1 Å². The number of ether oxygens (including phenoxy) is 1. The van der Waals surface area contributed by atoms with Gasteiger partial charge in [-0.05, 0) is 80.2 Å². The minimum atomic E-state index is -3.59. The number of halogens is 1. The maximum Gasteiger partial charge on any atom is 0.264 e. The Morgan fingerprint density at radius 1 is 0.889 bits per heavy atom. The molecule has 1 N–H and O–H groups in total. The Bertz CT molecular complexity index is 1900. The van der Waals surface area contributed by atoms with Crippen LogP contribution in [-0.4, -0.2) is 74.4 Å². The Balaban J connectivity index is 1.27. The van der Waals surface area contributed by atoms with Crippen molar-refractivity contribution in [2.75, 3.05) is 40.9 Å². The fraction of sp³-hybridized carbons (Fsp3) is 0.476. The zero-order chi connectivity index (χ0) is 38.2. The lowest BCUT2D eigenvalue weighted by molar-refractivity contribution is -0.150. The van der Waals surface area contributed by atoms with Gasteiger partial charge in [-0.2, -0.15) is 0 Å². The van der Waals surface area contributed by atoms with Crippen molar-refractivity contribution >= 4 is 49.1 Å². The summed E-state index contributed by atoms with van der Waals surface area (Å²) in [4.78, 5) is 62.0. The number of benzene rings is 3. The van der Waals surface area contributed by atoms with Crippen molar-refractivity contribution in [1.29, 1.82) is 0 Å². The summed E-state index contributed by atoms with van der Waals surface area (Å²) in [6.07, 6.45) is 3.38. The van der Waals surface area contributed by atoms with Gasteiger partial charge in [0.05, 0.1) is 31.4 Å². The van der Waals surface area contributed by atoms with Gasteiger partial charge in [-0.3, -0.25) is 19.2 Å². The van der Waals surface area contributed by atoms with Crippen LogP contribution >= 0.6 is 0 Å². The highest BCUT2D eigenvalue weighted by Crippen LogP contribution is 2.61. The van der Waals surface area contributed by atoms with Crippen molar-refractivity contribution in [3.8, 4) is 0 Å². The van der Waals surface area contributed by atoms with Gasteiger partial charge in [0.2, 0.25) is 26.1 Å². The highest BCUT2D eigenvalue weighted by molar-refractivity contribution is 6.72. The van der Waals surface area contributed by atoms with Crippen LogP contribution in [-0.2, 0) is 42.6 Å². The van der Waals surface area contributed by atoms with Crippen LogP contribution in [0, 0.1) is 5.92 Å². The molecule has 7 rings (SSSR count). The van der Waals surface area contributed by atoms with Gasteiger partial charge in [0, 0.05) is 67.4 Å². The molecule has 0 aliphatic carbocycles. The number of nitrogens with zero attached hydrogens (tertiary/aromatic N) is 4. The zero-order valence-electron chi connectivity index (χ0n) is 31.5. The van der Waals surface area contributed by atoms with Crippen LogP contribution in [0.4, 0.5) is 21.2 Å². The number of amides is 4. The van der Waals surface area contributed by atoms with Crippen LogP contribution in [0.15, 0.2) is 72.8 Å². The molecule has 0 bridgehead atoms. The first-order valence-corrected chi connectivity index (χ1v) is 22.3. The number of anilines is 3. The van der Waals surface area contributed by atoms with Crippen LogP contribution in [0.2, 0.25) is 18.6 Å². The van der Waals surface area contributed by atoms with Crippen molar-refractivity contribution in [3.63, 3.8) is 0 Å². The summed E-state index contributed by atoms with van der Waals surface area (Å²) in [6.45, 7) is 6.63. The topological polar surface area (TPSA) is 111 Å². The second kappa shape index (κ2) is 15.4. The smallest absolute Gasteiger partial charge is 0.264 e. The third kappa shape index (κ3) is 7.11. The third-order valence-corrected chi connectivity index (χ3v) is 14.2. The number of hydrogen-bond donors (Lipinski definition) is 1. The van der Waals surface area contributed by atoms with Gasteiger partial charge in [-0.25, -0.2) is 0 Å². The number of carbonyl (C=O) groups excluding carboxylic acids is 4. The van der Waals surface area contributed by atoms with Crippen LogP contribution in [0.3, 0.4) is 0 Å². The molecule has 4 heterocycles. The molecule has 54 heavy (non-hydrogen) atoms. The number of carbonyl (C=O) groups is 4. The molecule has 0 aromatic heterocycles. The van der Waals surface area contributed by atoms with Gasteiger partial charge in [0.15, 0.2) is 5.60 Å². The molecule has 1 spiro atoms. The van der Waals surface area contributed by atoms with E-state index in [9.17, 15) is 19.5 Å². The molecule has 3 saturated heterocycles. The molecular formula is C42H51FN4O6Si. The lowest BCUT2D eigenvalue weighted by Gasteiger charge is -2.32. The number of aliphatic hydroxyl groups excluding tert-OH is 1. The summed E-state index contributed by atoms with van der Waals surface area (Å²) >= 11 is 0. The second-order valence-corrected chi connectivity index (χ2v) is 19.6. The molecule has 0 radical (unpaired) electrons. The molecule has 4 atom stereocenters. The normalized spacial score (nSPS) is 24.4. The molecule has 3 aromatic carbocycles. The van der Waals surface area contributed by atoms with Crippen molar-refractivity contribution in [1.82, 2.24) is 4.90 Å².